The van der Waals surface area contributed by atoms with Gasteiger partial charge in [0.15, 0.2) is 5.96 Å². The van der Waals surface area contributed by atoms with Crippen molar-refractivity contribution in [2.75, 3.05) is 40.8 Å². The van der Waals surface area contributed by atoms with Crippen LogP contribution in [0.1, 0.15) is 43.6 Å². The number of carbonyl (C=O) groups excluding carboxylic acids is 1. The summed E-state index contributed by atoms with van der Waals surface area (Å²) in [6.45, 7) is 12.0. The molecule has 0 spiro atoms. The minimum atomic E-state index is -0.0158. The van der Waals surface area contributed by atoms with Gasteiger partial charge in [0.25, 0.3) is 5.91 Å². The maximum Gasteiger partial charge on any atom is 0.253 e. The van der Waals surface area contributed by atoms with Gasteiger partial charge in [0.1, 0.15) is 0 Å². The second kappa shape index (κ2) is 11.9. The van der Waals surface area contributed by atoms with Crippen LogP contribution < -0.4 is 10.6 Å². The van der Waals surface area contributed by atoms with Crippen LogP contribution in [-0.4, -0.2) is 80.2 Å². The highest BCUT2D eigenvalue weighted by molar-refractivity contribution is 14.0. The first-order valence-electron chi connectivity index (χ1n) is 10.3. The molecule has 1 aromatic carbocycles. The van der Waals surface area contributed by atoms with E-state index < -0.39 is 0 Å². The average molecular weight is 531 g/mol. The molecule has 1 fully saturated rings. The van der Waals surface area contributed by atoms with E-state index in [4.69, 9.17) is 4.74 Å². The van der Waals surface area contributed by atoms with Crippen molar-refractivity contribution in [2.24, 2.45) is 4.99 Å². The number of amides is 1. The number of carbonyl (C=O) groups is 1. The Morgan fingerprint density at radius 1 is 1.17 bits per heavy atom. The number of halogens is 1. The summed E-state index contributed by atoms with van der Waals surface area (Å²) in [5.41, 5.74) is 1.77. The summed E-state index contributed by atoms with van der Waals surface area (Å²) in [5, 5.41) is 6.80. The van der Waals surface area contributed by atoms with Gasteiger partial charge in [0.2, 0.25) is 0 Å². The Labute approximate surface area is 198 Å². The number of rotatable bonds is 6. The molecule has 1 heterocycles. The molecule has 7 nitrogen and oxygen atoms in total. The zero-order valence-electron chi connectivity index (χ0n) is 19.4. The molecule has 2 N–H and O–H groups in total. The van der Waals surface area contributed by atoms with Gasteiger partial charge in [-0.15, -0.1) is 24.0 Å². The van der Waals surface area contributed by atoms with Crippen molar-refractivity contribution in [3.63, 3.8) is 0 Å². The summed E-state index contributed by atoms with van der Waals surface area (Å²) in [6.07, 6.45) is 0.496. The van der Waals surface area contributed by atoms with Crippen LogP contribution in [0, 0.1) is 0 Å². The maximum absolute atomic E-state index is 12.0. The Hall–Kier alpha value is -1.39. The molecule has 8 heteroatoms. The van der Waals surface area contributed by atoms with Crippen LogP contribution in [-0.2, 0) is 11.3 Å². The molecule has 0 saturated carbocycles. The Balaban J connectivity index is 0.00000450. The van der Waals surface area contributed by atoms with Gasteiger partial charge in [-0.1, -0.05) is 12.1 Å². The number of hydrogen-bond acceptors (Lipinski definition) is 4. The SMILES string of the molecule is CN=C(NCc1ccc(C(=O)N(C)C)cc1)NCC(C)(C)N1CC(C)OC(C)C1.I. The van der Waals surface area contributed by atoms with E-state index in [1.165, 1.54) is 0 Å². The Morgan fingerprint density at radius 3 is 2.23 bits per heavy atom. The topological polar surface area (TPSA) is 69.2 Å². The van der Waals surface area contributed by atoms with E-state index in [2.05, 4.69) is 48.2 Å². The second-order valence-electron chi connectivity index (χ2n) is 8.65. The normalized spacial score (nSPS) is 20.3. The van der Waals surface area contributed by atoms with Gasteiger partial charge >= 0.3 is 0 Å². The van der Waals surface area contributed by atoms with Crippen LogP contribution in [0.25, 0.3) is 0 Å². The van der Waals surface area contributed by atoms with Crippen molar-refractivity contribution in [2.45, 2.75) is 52.0 Å². The van der Waals surface area contributed by atoms with Gasteiger partial charge < -0.3 is 20.3 Å². The molecule has 1 aliphatic rings. The first-order valence-corrected chi connectivity index (χ1v) is 10.3. The zero-order chi connectivity index (χ0) is 21.6. The number of ether oxygens (including phenoxy) is 1. The summed E-state index contributed by atoms with van der Waals surface area (Å²) in [6, 6.07) is 7.66. The third kappa shape index (κ3) is 7.70. The summed E-state index contributed by atoms with van der Waals surface area (Å²) in [7, 11) is 5.29. The lowest BCUT2D eigenvalue weighted by molar-refractivity contribution is -0.0946. The van der Waals surface area contributed by atoms with Crippen molar-refractivity contribution in [1.82, 2.24) is 20.4 Å². The molecule has 1 amide bonds. The largest absolute Gasteiger partial charge is 0.373 e. The van der Waals surface area contributed by atoms with Crippen molar-refractivity contribution in [3.05, 3.63) is 35.4 Å². The molecule has 0 aliphatic carbocycles. The van der Waals surface area contributed by atoms with Crippen LogP contribution in [0.4, 0.5) is 0 Å². The standard InChI is InChI=1S/C22H37N5O2.HI/c1-16-13-27(14-17(2)29-16)22(3,4)15-25-21(23-5)24-12-18-8-10-19(11-9-18)20(28)26(6)7;/h8-11,16-17H,12-15H2,1-7H3,(H2,23,24,25);1H. The smallest absolute Gasteiger partial charge is 0.253 e. The molecular formula is C22H38IN5O2. The van der Waals surface area contributed by atoms with E-state index in [1.807, 2.05) is 24.3 Å². The average Bonchev–Trinajstić information content (AvgIpc) is 2.67. The van der Waals surface area contributed by atoms with E-state index in [0.29, 0.717) is 12.1 Å². The highest BCUT2D eigenvalue weighted by atomic mass is 127. The van der Waals surface area contributed by atoms with E-state index >= 15 is 0 Å². The van der Waals surface area contributed by atoms with Gasteiger partial charge in [-0.25, -0.2) is 0 Å². The van der Waals surface area contributed by atoms with Crippen LogP contribution in [0.2, 0.25) is 0 Å². The molecule has 2 rings (SSSR count). The highest BCUT2D eigenvalue weighted by Crippen LogP contribution is 2.20. The molecule has 30 heavy (non-hydrogen) atoms. The lowest BCUT2D eigenvalue weighted by Crippen LogP contribution is -2.59. The number of morpholine rings is 1. The zero-order valence-corrected chi connectivity index (χ0v) is 21.7. The van der Waals surface area contributed by atoms with Gasteiger partial charge in [-0.3, -0.25) is 14.7 Å². The van der Waals surface area contributed by atoms with Crippen molar-refractivity contribution >= 4 is 35.8 Å². The van der Waals surface area contributed by atoms with E-state index in [-0.39, 0.29) is 47.6 Å². The highest BCUT2D eigenvalue weighted by Gasteiger charge is 2.33. The summed E-state index contributed by atoms with van der Waals surface area (Å²) >= 11 is 0. The number of benzene rings is 1. The van der Waals surface area contributed by atoms with Gasteiger partial charge in [-0.2, -0.15) is 0 Å². The molecule has 1 saturated heterocycles. The Morgan fingerprint density at radius 2 is 1.73 bits per heavy atom. The fraction of sp³-hybridized carbons (Fsp3) is 0.636. The summed E-state index contributed by atoms with van der Waals surface area (Å²) in [4.78, 5) is 20.4. The van der Waals surface area contributed by atoms with Crippen molar-refractivity contribution in [1.29, 1.82) is 0 Å². The molecule has 1 aromatic rings. The molecule has 170 valence electrons. The molecule has 2 unspecified atom stereocenters. The second-order valence-corrected chi connectivity index (χ2v) is 8.65. The molecule has 1 aliphatic heterocycles. The van der Waals surface area contributed by atoms with Crippen molar-refractivity contribution in [3.8, 4) is 0 Å². The monoisotopic (exact) mass is 531 g/mol. The first kappa shape index (κ1) is 26.6. The third-order valence-corrected chi connectivity index (χ3v) is 5.25. The lowest BCUT2D eigenvalue weighted by atomic mass is 10.00. The Bertz CT molecular complexity index is 696. The molecule has 0 aromatic heterocycles. The van der Waals surface area contributed by atoms with Gasteiger partial charge in [0.05, 0.1) is 12.2 Å². The first-order chi connectivity index (χ1) is 13.6. The third-order valence-electron chi connectivity index (χ3n) is 5.25. The van der Waals surface area contributed by atoms with E-state index in [9.17, 15) is 4.79 Å². The van der Waals surface area contributed by atoms with Crippen LogP contribution in [0.15, 0.2) is 29.3 Å². The number of nitrogens with one attached hydrogen (secondary N) is 2. The van der Waals surface area contributed by atoms with Crippen LogP contribution in [0.5, 0.6) is 0 Å². The minimum Gasteiger partial charge on any atom is -0.373 e. The predicted molar refractivity (Wildman–Crippen MR) is 134 cm³/mol. The van der Waals surface area contributed by atoms with Gasteiger partial charge in [-0.05, 0) is 45.4 Å². The van der Waals surface area contributed by atoms with E-state index in [0.717, 1.165) is 31.2 Å². The Kier molecular flexibility index (Phi) is 10.5. The van der Waals surface area contributed by atoms with Crippen LogP contribution in [0.3, 0.4) is 0 Å². The van der Waals surface area contributed by atoms with Crippen LogP contribution >= 0.6 is 24.0 Å². The van der Waals surface area contributed by atoms with Crippen molar-refractivity contribution < 1.29 is 9.53 Å². The molecular weight excluding hydrogens is 493 g/mol. The number of aliphatic imine (C=N–C) groups is 1. The quantitative estimate of drug-likeness (QED) is 0.336. The van der Waals surface area contributed by atoms with Gasteiger partial charge in [0, 0.05) is 58.4 Å². The maximum atomic E-state index is 12.0. The molecule has 0 radical (unpaired) electrons. The fourth-order valence-corrected chi connectivity index (χ4v) is 3.51. The minimum absolute atomic E-state index is 0. The predicted octanol–water partition coefficient (Wildman–Crippen LogP) is 2.56. The number of guanidine groups is 1. The lowest BCUT2D eigenvalue weighted by Gasteiger charge is -2.45. The molecule has 0 bridgehead atoms. The summed E-state index contributed by atoms with van der Waals surface area (Å²) < 4.78 is 5.86. The molecule has 2 atom stereocenters. The summed E-state index contributed by atoms with van der Waals surface area (Å²) in [5.74, 6) is 0.775. The number of nitrogens with zero attached hydrogens (tertiary/aromatic N) is 3. The number of hydrogen-bond donors (Lipinski definition) is 2. The van der Waals surface area contributed by atoms with E-state index in [1.54, 1.807) is 26.0 Å². The fourth-order valence-electron chi connectivity index (χ4n) is 3.51.